The van der Waals surface area contributed by atoms with Gasteiger partial charge in [0.2, 0.25) is 11.8 Å². The second kappa shape index (κ2) is 12.1. The maximum Gasteiger partial charge on any atom is 0.274 e. The van der Waals surface area contributed by atoms with Crippen molar-refractivity contribution in [2.45, 2.75) is 25.7 Å². The molecular weight excluding hydrogens is 516 g/mol. The molecule has 2 bridgehead atoms. The number of amides is 3. The fraction of sp³-hybridized carbons (Fsp3) is 0.429. The molecule has 0 spiro atoms. The van der Waals surface area contributed by atoms with Crippen LogP contribution < -0.4 is 14.8 Å². The number of aromatic nitrogens is 3. The largest absolute Gasteiger partial charge is 0.493 e. The molecule has 1 N–H and O–H groups in total. The number of fused-ring (bicyclic) bond motifs is 4. The van der Waals surface area contributed by atoms with Crippen LogP contribution in [0.15, 0.2) is 47.4 Å². The van der Waals surface area contributed by atoms with Gasteiger partial charge in [0.05, 0.1) is 37.9 Å². The summed E-state index contributed by atoms with van der Waals surface area (Å²) in [6.45, 7) is 3.81. The number of carbonyl (C=O) groups is 3. The number of likely N-dealkylation sites (tertiary alicyclic amines) is 1. The molecule has 2 aliphatic heterocycles. The Balaban J connectivity index is 1.37. The molecule has 0 radical (unpaired) electrons. The number of hydrogen-bond acceptors (Lipinski definition) is 9. The van der Waals surface area contributed by atoms with Crippen molar-refractivity contribution >= 4 is 17.7 Å². The van der Waals surface area contributed by atoms with Gasteiger partial charge in [0.15, 0.2) is 11.5 Å². The Hall–Kier alpha value is -4.48. The molecule has 12 nitrogen and oxygen atoms in total. The van der Waals surface area contributed by atoms with Crippen LogP contribution in [0.1, 0.15) is 39.8 Å². The molecule has 40 heavy (non-hydrogen) atoms. The van der Waals surface area contributed by atoms with Crippen molar-refractivity contribution in [3.63, 3.8) is 0 Å². The lowest BCUT2D eigenvalue weighted by Crippen LogP contribution is -2.40. The smallest absolute Gasteiger partial charge is 0.274 e. The van der Waals surface area contributed by atoms with Crippen LogP contribution >= 0.6 is 0 Å². The molecule has 2 atom stereocenters. The lowest BCUT2D eigenvalue weighted by molar-refractivity contribution is -0.131. The SMILES string of the molecule is COc1ccc2cc1OCCN(C(=O)Cc1cc(C)no1)CCCNC(=O)[C@H]1CN(C(=O)c3cnccn3)C[C@H]21. The first kappa shape index (κ1) is 27.1. The predicted molar refractivity (Wildman–Crippen MR) is 142 cm³/mol. The Morgan fingerprint density at radius 2 is 1.98 bits per heavy atom. The molecule has 210 valence electrons. The number of methoxy groups -OCH3 is 1. The molecule has 12 heteroatoms. The zero-order chi connectivity index (χ0) is 28.1. The molecule has 1 aromatic carbocycles. The first-order valence-electron chi connectivity index (χ1n) is 13.3. The number of nitrogens with one attached hydrogen (secondary N) is 1. The highest BCUT2D eigenvalue weighted by Crippen LogP contribution is 2.38. The lowest BCUT2D eigenvalue weighted by atomic mass is 9.88. The molecule has 2 aromatic heterocycles. The van der Waals surface area contributed by atoms with E-state index in [0.29, 0.717) is 55.6 Å². The average molecular weight is 549 g/mol. The minimum atomic E-state index is -0.475. The molecular formula is C28H32N6O6. The van der Waals surface area contributed by atoms with Gasteiger partial charge in [-0.1, -0.05) is 11.2 Å². The average Bonchev–Trinajstić information content (AvgIpc) is 3.60. The summed E-state index contributed by atoms with van der Waals surface area (Å²) >= 11 is 0. The van der Waals surface area contributed by atoms with Gasteiger partial charge in [-0.15, -0.1) is 0 Å². The minimum Gasteiger partial charge on any atom is -0.493 e. The maximum atomic E-state index is 13.4. The second-order valence-electron chi connectivity index (χ2n) is 9.91. The van der Waals surface area contributed by atoms with E-state index >= 15 is 0 Å². The van der Waals surface area contributed by atoms with E-state index in [1.807, 2.05) is 12.1 Å². The van der Waals surface area contributed by atoms with Crippen LogP contribution in [0.5, 0.6) is 11.5 Å². The summed E-state index contributed by atoms with van der Waals surface area (Å²) in [6, 6.07) is 7.29. The van der Waals surface area contributed by atoms with E-state index in [1.54, 1.807) is 36.0 Å². The number of rotatable bonds is 4. The molecule has 3 aromatic rings. The first-order valence-corrected chi connectivity index (χ1v) is 13.3. The highest BCUT2D eigenvalue weighted by atomic mass is 16.5. The number of hydrogen-bond donors (Lipinski definition) is 1. The zero-order valence-electron chi connectivity index (χ0n) is 22.5. The third kappa shape index (κ3) is 6.05. The molecule has 0 unspecified atom stereocenters. The number of carbonyl (C=O) groups excluding carboxylic acids is 3. The van der Waals surface area contributed by atoms with Gasteiger partial charge >= 0.3 is 0 Å². The molecule has 3 amide bonds. The van der Waals surface area contributed by atoms with Crippen molar-refractivity contribution in [3.8, 4) is 11.5 Å². The summed E-state index contributed by atoms with van der Waals surface area (Å²) in [5.41, 5.74) is 1.80. The Kier molecular flexibility index (Phi) is 8.23. The Morgan fingerprint density at radius 3 is 2.73 bits per heavy atom. The van der Waals surface area contributed by atoms with Crippen LogP contribution in [-0.4, -0.2) is 89.1 Å². The normalized spacial score (nSPS) is 19.7. The molecule has 5 rings (SSSR count). The lowest BCUT2D eigenvalue weighted by Gasteiger charge is -2.25. The van der Waals surface area contributed by atoms with Crippen LogP contribution in [0.3, 0.4) is 0 Å². The van der Waals surface area contributed by atoms with Crippen LogP contribution in [-0.2, 0) is 16.0 Å². The maximum absolute atomic E-state index is 13.4. The van der Waals surface area contributed by atoms with Crippen molar-refractivity contribution in [3.05, 3.63) is 65.6 Å². The van der Waals surface area contributed by atoms with Crippen molar-refractivity contribution in [1.29, 1.82) is 0 Å². The number of aryl methyl sites for hydroxylation is 1. The highest BCUT2D eigenvalue weighted by molar-refractivity contribution is 5.93. The van der Waals surface area contributed by atoms with Crippen LogP contribution in [0.25, 0.3) is 0 Å². The van der Waals surface area contributed by atoms with Gasteiger partial charge in [0, 0.05) is 50.6 Å². The van der Waals surface area contributed by atoms with E-state index in [9.17, 15) is 14.4 Å². The van der Waals surface area contributed by atoms with Crippen molar-refractivity contribution in [2.75, 3.05) is 46.4 Å². The summed E-state index contributed by atoms with van der Waals surface area (Å²) < 4.78 is 16.9. The standard InChI is InChI=1S/C28H32N6O6/c1-18-12-20(40-32-18)14-26(35)33-9-3-6-31-27(36)22-17-34(28(37)23-15-29-7-8-30-23)16-21(22)19-4-5-24(38-2)25(13-19)39-11-10-33/h4-5,7-8,12-13,15,21-22H,3,6,9-11,14,16-17H2,1-2H3,(H,31,36)/t21-,22+/m1/s1. The summed E-state index contributed by atoms with van der Waals surface area (Å²) in [5, 5.41) is 6.88. The Labute approximate surface area is 231 Å². The molecule has 0 aliphatic carbocycles. The molecule has 4 heterocycles. The van der Waals surface area contributed by atoms with Crippen LogP contribution in [0, 0.1) is 12.8 Å². The number of ether oxygens (including phenoxy) is 2. The van der Waals surface area contributed by atoms with E-state index in [-0.39, 0.29) is 48.9 Å². The van der Waals surface area contributed by atoms with E-state index < -0.39 is 5.92 Å². The third-order valence-corrected chi connectivity index (χ3v) is 7.22. The van der Waals surface area contributed by atoms with Crippen LogP contribution in [0.2, 0.25) is 0 Å². The Bertz CT molecular complexity index is 1360. The Morgan fingerprint density at radius 1 is 1.12 bits per heavy atom. The quantitative estimate of drug-likeness (QED) is 0.515. The van der Waals surface area contributed by atoms with Gasteiger partial charge in [0.1, 0.15) is 18.1 Å². The van der Waals surface area contributed by atoms with Gasteiger partial charge in [-0.3, -0.25) is 19.4 Å². The van der Waals surface area contributed by atoms with E-state index in [2.05, 4.69) is 20.4 Å². The van der Waals surface area contributed by atoms with Crippen LogP contribution in [0.4, 0.5) is 0 Å². The topological polar surface area (TPSA) is 140 Å². The van der Waals surface area contributed by atoms with Crippen molar-refractivity contribution in [1.82, 2.24) is 30.2 Å². The zero-order valence-corrected chi connectivity index (χ0v) is 22.5. The fourth-order valence-corrected chi connectivity index (χ4v) is 5.18. The van der Waals surface area contributed by atoms with E-state index in [0.717, 1.165) is 5.56 Å². The second-order valence-corrected chi connectivity index (χ2v) is 9.91. The summed E-state index contributed by atoms with van der Waals surface area (Å²) in [6.07, 6.45) is 5.05. The summed E-state index contributed by atoms with van der Waals surface area (Å²) in [5.74, 6) is 0.284. The van der Waals surface area contributed by atoms with Crippen molar-refractivity contribution in [2.24, 2.45) is 5.92 Å². The highest BCUT2D eigenvalue weighted by Gasteiger charge is 2.41. The number of benzene rings is 1. The first-order chi connectivity index (χ1) is 19.4. The third-order valence-electron chi connectivity index (χ3n) is 7.22. The molecule has 1 saturated heterocycles. The molecule has 0 saturated carbocycles. The van der Waals surface area contributed by atoms with Gasteiger partial charge in [-0.05, 0) is 31.0 Å². The summed E-state index contributed by atoms with van der Waals surface area (Å²) in [7, 11) is 1.56. The van der Waals surface area contributed by atoms with Gasteiger partial charge in [-0.2, -0.15) is 0 Å². The molecule has 2 aliphatic rings. The van der Waals surface area contributed by atoms with Gasteiger partial charge in [-0.25, -0.2) is 4.98 Å². The molecule has 1 fully saturated rings. The minimum absolute atomic E-state index is 0.0887. The van der Waals surface area contributed by atoms with E-state index in [1.165, 1.54) is 18.6 Å². The van der Waals surface area contributed by atoms with Crippen molar-refractivity contribution < 1.29 is 28.4 Å². The van der Waals surface area contributed by atoms with Gasteiger partial charge < -0.3 is 29.1 Å². The number of nitrogens with zero attached hydrogens (tertiary/aromatic N) is 5. The fourth-order valence-electron chi connectivity index (χ4n) is 5.18. The summed E-state index contributed by atoms with van der Waals surface area (Å²) in [4.78, 5) is 51.1. The monoisotopic (exact) mass is 548 g/mol. The predicted octanol–water partition coefficient (Wildman–Crippen LogP) is 1.61. The van der Waals surface area contributed by atoms with Gasteiger partial charge in [0.25, 0.3) is 5.91 Å². The van der Waals surface area contributed by atoms with E-state index in [4.69, 9.17) is 14.0 Å².